The van der Waals surface area contributed by atoms with Crippen molar-refractivity contribution >= 4 is 67.3 Å². The van der Waals surface area contributed by atoms with Gasteiger partial charge in [-0.05, 0) is 80.8 Å². The number of hydrazone groups is 1. The number of sulfone groups is 1. The Hall–Kier alpha value is -3.12. The highest BCUT2D eigenvalue weighted by Crippen LogP contribution is 2.56. The summed E-state index contributed by atoms with van der Waals surface area (Å²) in [6.45, 7) is 1.90. The molecule has 0 spiro atoms. The molecule has 0 N–H and O–H groups in total. The Morgan fingerprint density at radius 3 is 1.62 bits per heavy atom. The molecule has 1 heterocycles. The molecule has 0 saturated heterocycles. The topological polar surface area (TPSA) is 66.8 Å². The first-order valence-electron chi connectivity index (χ1n) is 16.5. The van der Waals surface area contributed by atoms with Gasteiger partial charge in [0.25, 0.3) is 5.91 Å². The normalized spacial score (nSPS) is 14.9. The van der Waals surface area contributed by atoms with Gasteiger partial charge in [0, 0.05) is 12.0 Å². The molecule has 0 aromatic heterocycles. The Kier molecular flexibility index (Phi) is 13.5. The van der Waals surface area contributed by atoms with Crippen molar-refractivity contribution in [3.8, 4) is 0 Å². The minimum absolute atomic E-state index is 0. The van der Waals surface area contributed by atoms with Gasteiger partial charge < -0.3 is 0 Å². The largest absolute Gasteiger partial charge is 0.272 e. The quantitative estimate of drug-likeness (QED) is 0.0857. The van der Waals surface area contributed by atoms with Crippen molar-refractivity contribution in [2.45, 2.75) is 69.6 Å². The predicted molar refractivity (Wildman–Crippen MR) is 206 cm³/mol. The van der Waals surface area contributed by atoms with Crippen LogP contribution in [-0.2, 0) is 14.6 Å². The number of halogens is 1. The van der Waals surface area contributed by atoms with E-state index in [-0.39, 0.29) is 33.7 Å². The summed E-state index contributed by atoms with van der Waals surface area (Å²) in [6.07, 6.45) is 12.5. The Morgan fingerprint density at radius 1 is 0.660 bits per heavy atom. The van der Waals surface area contributed by atoms with E-state index in [9.17, 15) is 13.2 Å². The molecular formula is C39H47BrN2O3PS+. The van der Waals surface area contributed by atoms with Gasteiger partial charge in [-0.2, -0.15) is 5.10 Å². The smallest absolute Gasteiger partial charge is 0.256 e. The maximum Gasteiger partial charge on any atom is 0.256 e. The van der Waals surface area contributed by atoms with Crippen LogP contribution < -0.4 is 20.9 Å². The van der Waals surface area contributed by atoms with Crippen LogP contribution in [0.2, 0.25) is 0 Å². The molecule has 0 bridgehead atoms. The Bertz CT molecular complexity index is 1620. The zero-order chi connectivity index (χ0) is 32.4. The molecular weight excluding hydrogens is 687 g/mol. The lowest BCUT2D eigenvalue weighted by molar-refractivity contribution is -0.119. The SMILES string of the molecule is Br.CC1=NN(c2cccc(S(C)(=O)=O)c2)C(=O)C1CCCCCCCCCC[P+](c1ccccc1)(c1ccccc1)c1ccccc1. The number of benzene rings is 4. The summed E-state index contributed by atoms with van der Waals surface area (Å²) in [5.41, 5.74) is 1.31. The van der Waals surface area contributed by atoms with Crippen LogP contribution in [-0.4, -0.2) is 32.5 Å². The number of nitrogens with zero attached hydrogens (tertiary/aromatic N) is 2. The summed E-state index contributed by atoms with van der Waals surface area (Å²) in [5.74, 6) is -0.298. The molecule has 47 heavy (non-hydrogen) atoms. The third-order valence-electron chi connectivity index (χ3n) is 9.09. The summed E-state index contributed by atoms with van der Waals surface area (Å²) in [5, 5.41) is 10.2. The lowest BCUT2D eigenvalue weighted by Crippen LogP contribution is -2.33. The number of unbranched alkanes of at least 4 members (excludes halogenated alkanes) is 7. The first kappa shape index (κ1) is 36.7. The monoisotopic (exact) mass is 733 g/mol. The average Bonchev–Trinajstić information content (AvgIpc) is 3.37. The van der Waals surface area contributed by atoms with Crippen LogP contribution in [0.25, 0.3) is 0 Å². The lowest BCUT2D eigenvalue weighted by Gasteiger charge is -2.27. The van der Waals surface area contributed by atoms with Crippen molar-refractivity contribution in [3.63, 3.8) is 0 Å². The summed E-state index contributed by atoms with van der Waals surface area (Å²) in [7, 11) is -5.10. The number of rotatable bonds is 16. The molecule has 248 valence electrons. The summed E-state index contributed by atoms with van der Waals surface area (Å²) in [4.78, 5) is 13.3. The third-order valence-corrected chi connectivity index (χ3v) is 14.7. The van der Waals surface area contributed by atoms with Crippen LogP contribution in [0.3, 0.4) is 0 Å². The maximum atomic E-state index is 13.2. The molecule has 4 aromatic rings. The van der Waals surface area contributed by atoms with E-state index in [0.29, 0.717) is 5.69 Å². The van der Waals surface area contributed by atoms with Crippen molar-refractivity contribution in [1.29, 1.82) is 0 Å². The lowest BCUT2D eigenvalue weighted by atomic mass is 9.96. The highest BCUT2D eigenvalue weighted by atomic mass is 79.9. The van der Waals surface area contributed by atoms with Gasteiger partial charge in [0.2, 0.25) is 0 Å². The van der Waals surface area contributed by atoms with Crippen LogP contribution >= 0.6 is 24.2 Å². The van der Waals surface area contributed by atoms with Crippen LogP contribution in [0, 0.1) is 5.92 Å². The van der Waals surface area contributed by atoms with E-state index in [0.717, 1.165) is 25.0 Å². The van der Waals surface area contributed by atoms with E-state index in [4.69, 9.17) is 0 Å². The molecule has 5 nitrogen and oxygen atoms in total. The molecule has 1 unspecified atom stereocenters. The van der Waals surface area contributed by atoms with E-state index in [1.807, 2.05) is 6.92 Å². The van der Waals surface area contributed by atoms with Gasteiger partial charge in [-0.1, -0.05) is 99.2 Å². The molecule has 1 atom stereocenters. The zero-order valence-electron chi connectivity index (χ0n) is 27.5. The number of amides is 1. The molecule has 5 rings (SSSR count). The highest BCUT2D eigenvalue weighted by Gasteiger charge is 2.44. The Morgan fingerprint density at radius 2 is 1.13 bits per heavy atom. The zero-order valence-corrected chi connectivity index (χ0v) is 30.9. The third kappa shape index (κ3) is 9.07. The van der Waals surface area contributed by atoms with Crippen molar-refractivity contribution in [2.24, 2.45) is 11.0 Å². The number of anilines is 1. The Labute approximate surface area is 292 Å². The molecule has 0 aliphatic carbocycles. The average molecular weight is 735 g/mol. The number of carbonyl (C=O) groups excluding carboxylic acids is 1. The van der Waals surface area contributed by atoms with Gasteiger partial charge in [-0.15, -0.1) is 17.0 Å². The van der Waals surface area contributed by atoms with Gasteiger partial charge in [0.1, 0.15) is 23.2 Å². The molecule has 1 aliphatic rings. The number of hydrogen-bond acceptors (Lipinski definition) is 4. The first-order valence-corrected chi connectivity index (χ1v) is 20.4. The van der Waals surface area contributed by atoms with E-state index >= 15 is 0 Å². The highest BCUT2D eigenvalue weighted by molar-refractivity contribution is 8.93. The second-order valence-corrected chi connectivity index (χ2v) is 18.0. The second kappa shape index (κ2) is 17.3. The van der Waals surface area contributed by atoms with E-state index in [1.165, 1.54) is 77.9 Å². The fourth-order valence-corrected chi connectivity index (χ4v) is 11.7. The van der Waals surface area contributed by atoms with Crippen molar-refractivity contribution in [2.75, 3.05) is 17.4 Å². The molecule has 0 fully saturated rings. The predicted octanol–water partition coefficient (Wildman–Crippen LogP) is 8.51. The molecule has 0 radical (unpaired) electrons. The number of carbonyl (C=O) groups is 1. The number of hydrogen-bond donors (Lipinski definition) is 0. The van der Waals surface area contributed by atoms with Crippen LogP contribution in [0.5, 0.6) is 0 Å². The van der Waals surface area contributed by atoms with Crippen LogP contribution in [0.15, 0.2) is 125 Å². The minimum Gasteiger partial charge on any atom is -0.272 e. The fraction of sp³-hybridized carbons (Fsp3) is 0.333. The van der Waals surface area contributed by atoms with Crippen molar-refractivity contribution < 1.29 is 13.2 Å². The van der Waals surface area contributed by atoms with Gasteiger partial charge in [0.05, 0.1) is 22.7 Å². The van der Waals surface area contributed by atoms with Crippen molar-refractivity contribution in [1.82, 2.24) is 0 Å². The summed E-state index contributed by atoms with van der Waals surface area (Å²) in [6, 6.07) is 39.9. The van der Waals surface area contributed by atoms with Gasteiger partial charge in [-0.25, -0.2) is 13.4 Å². The van der Waals surface area contributed by atoms with Gasteiger partial charge in [-0.3, -0.25) is 4.79 Å². The maximum absolute atomic E-state index is 13.2. The van der Waals surface area contributed by atoms with Crippen molar-refractivity contribution in [3.05, 3.63) is 115 Å². The van der Waals surface area contributed by atoms with Gasteiger partial charge >= 0.3 is 0 Å². The minimum atomic E-state index is -3.36. The molecule has 0 saturated carbocycles. The van der Waals surface area contributed by atoms with E-state index in [1.54, 1.807) is 18.2 Å². The summed E-state index contributed by atoms with van der Waals surface area (Å²) < 4.78 is 23.9. The molecule has 8 heteroatoms. The van der Waals surface area contributed by atoms with E-state index in [2.05, 4.69) is 96.1 Å². The standard InChI is InChI=1S/C39H46N2O3PS.BrH/c1-32-38(39(42)41(40-32)33-21-20-28-37(31-33)46(2,43)44)29-18-7-5-3-4-6-8-19-30-45(34-22-12-9-13-23-34,35-24-14-10-15-25-35)36-26-16-11-17-27-36;/h9-17,20-28,31,38H,3-8,18-19,29-30H2,1-2H3;1H/q+1;. The fourth-order valence-electron chi connectivity index (χ4n) is 6.61. The Balaban J connectivity index is 0.00000500. The summed E-state index contributed by atoms with van der Waals surface area (Å²) >= 11 is 0. The van der Waals surface area contributed by atoms with Crippen LogP contribution in [0.1, 0.15) is 64.7 Å². The first-order chi connectivity index (χ1) is 22.3. The molecule has 1 amide bonds. The van der Waals surface area contributed by atoms with E-state index < -0.39 is 17.1 Å². The molecule has 4 aromatic carbocycles. The molecule has 1 aliphatic heterocycles. The van der Waals surface area contributed by atoms with Gasteiger partial charge in [0.15, 0.2) is 9.84 Å². The van der Waals surface area contributed by atoms with Crippen LogP contribution in [0.4, 0.5) is 5.69 Å². The second-order valence-electron chi connectivity index (χ2n) is 12.4.